The van der Waals surface area contributed by atoms with Crippen molar-refractivity contribution in [1.29, 1.82) is 0 Å². The van der Waals surface area contributed by atoms with Crippen LogP contribution in [0, 0.1) is 29.9 Å². The van der Waals surface area contributed by atoms with E-state index in [1.54, 1.807) is 20.3 Å². The van der Waals surface area contributed by atoms with Crippen LogP contribution in [0.4, 0.5) is 11.4 Å². The number of nitro benzene ring substituents is 1. The molecule has 0 saturated heterocycles. The molecule has 4 rings (SSSR count). The third kappa shape index (κ3) is 2.63. The number of benzene rings is 2. The first kappa shape index (κ1) is 18.3. The molecule has 2 aromatic rings. The molecule has 146 valence electrons. The van der Waals surface area contributed by atoms with E-state index in [-0.39, 0.29) is 28.5 Å². The maximum absolute atomic E-state index is 11.8. The van der Waals surface area contributed by atoms with Crippen LogP contribution in [0.15, 0.2) is 36.4 Å². The monoisotopic (exact) mass is 380 g/mol. The summed E-state index contributed by atoms with van der Waals surface area (Å²) in [5.74, 6) is 1.72. The predicted octanol–water partition coefficient (Wildman–Crippen LogP) is 5.06. The first-order valence-corrected chi connectivity index (χ1v) is 9.40. The third-order valence-corrected chi connectivity index (χ3v) is 6.11. The van der Waals surface area contributed by atoms with Crippen molar-refractivity contribution in [2.75, 3.05) is 19.5 Å². The van der Waals surface area contributed by atoms with Crippen LogP contribution in [0.25, 0.3) is 0 Å². The Morgan fingerprint density at radius 3 is 2.68 bits per heavy atom. The van der Waals surface area contributed by atoms with Crippen molar-refractivity contribution in [1.82, 2.24) is 0 Å². The van der Waals surface area contributed by atoms with Gasteiger partial charge in [0, 0.05) is 17.5 Å². The molecule has 2 aliphatic rings. The molecule has 0 saturated carbocycles. The molecule has 0 radical (unpaired) electrons. The second-order valence-corrected chi connectivity index (χ2v) is 7.44. The van der Waals surface area contributed by atoms with Crippen LogP contribution in [0.2, 0.25) is 0 Å². The fourth-order valence-corrected chi connectivity index (χ4v) is 4.69. The van der Waals surface area contributed by atoms with E-state index in [1.807, 2.05) is 25.1 Å². The van der Waals surface area contributed by atoms with Crippen LogP contribution in [0.1, 0.15) is 40.6 Å². The van der Waals surface area contributed by atoms with E-state index in [0.29, 0.717) is 17.2 Å². The Morgan fingerprint density at radius 2 is 2.00 bits per heavy atom. The summed E-state index contributed by atoms with van der Waals surface area (Å²) in [5.41, 5.74) is 4.82. The molecule has 0 aromatic heterocycles. The summed E-state index contributed by atoms with van der Waals surface area (Å²) >= 11 is 0. The van der Waals surface area contributed by atoms with Gasteiger partial charge in [-0.25, -0.2) is 0 Å². The molecule has 0 bridgehead atoms. The first-order valence-electron chi connectivity index (χ1n) is 9.40. The van der Waals surface area contributed by atoms with Gasteiger partial charge in [-0.2, -0.15) is 0 Å². The Labute approximate surface area is 164 Å². The molecular formula is C22H24N2O4. The summed E-state index contributed by atoms with van der Waals surface area (Å²) in [4.78, 5) is 11.5. The van der Waals surface area contributed by atoms with Gasteiger partial charge in [-0.3, -0.25) is 10.1 Å². The Bertz CT molecular complexity index is 983. The van der Waals surface area contributed by atoms with Gasteiger partial charge in [-0.05, 0) is 48.9 Å². The van der Waals surface area contributed by atoms with Gasteiger partial charge in [0.05, 0.1) is 25.2 Å². The van der Waals surface area contributed by atoms with Gasteiger partial charge in [-0.15, -0.1) is 0 Å². The van der Waals surface area contributed by atoms with Crippen LogP contribution >= 0.6 is 0 Å². The van der Waals surface area contributed by atoms with Gasteiger partial charge in [0.25, 0.3) is 5.69 Å². The summed E-state index contributed by atoms with van der Waals surface area (Å²) < 4.78 is 11.1. The molecule has 0 spiro atoms. The number of nitrogens with one attached hydrogen (secondary N) is 1. The van der Waals surface area contributed by atoms with Gasteiger partial charge in [0.2, 0.25) is 0 Å². The van der Waals surface area contributed by atoms with Gasteiger partial charge in [0.1, 0.15) is 5.69 Å². The van der Waals surface area contributed by atoms with Crippen molar-refractivity contribution in [3.63, 3.8) is 0 Å². The lowest BCUT2D eigenvalue weighted by Crippen LogP contribution is -2.30. The number of para-hydroxylation sites is 1. The van der Waals surface area contributed by atoms with Crippen LogP contribution in [0.3, 0.4) is 0 Å². The Hall–Kier alpha value is -3.02. The highest BCUT2D eigenvalue weighted by Gasteiger charge is 2.43. The van der Waals surface area contributed by atoms with E-state index in [4.69, 9.17) is 9.47 Å². The van der Waals surface area contributed by atoms with E-state index in [9.17, 15) is 10.1 Å². The number of fused-ring (bicyclic) bond motifs is 3. The molecule has 1 aliphatic carbocycles. The minimum absolute atomic E-state index is 0.113. The van der Waals surface area contributed by atoms with E-state index >= 15 is 0 Å². The van der Waals surface area contributed by atoms with E-state index in [0.717, 1.165) is 28.7 Å². The van der Waals surface area contributed by atoms with Crippen molar-refractivity contribution < 1.29 is 14.4 Å². The average Bonchev–Trinajstić information content (AvgIpc) is 3.18. The van der Waals surface area contributed by atoms with Crippen molar-refractivity contribution in [2.24, 2.45) is 5.92 Å². The van der Waals surface area contributed by atoms with Gasteiger partial charge in [-0.1, -0.05) is 24.3 Å². The Balaban J connectivity index is 1.93. The van der Waals surface area contributed by atoms with Crippen molar-refractivity contribution in [2.45, 2.75) is 32.2 Å². The van der Waals surface area contributed by atoms with Crippen molar-refractivity contribution in [3.8, 4) is 11.5 Å². The SMILES string of the molecule is COc1cccc([C@@H]2Nc3c([N+](=O)[O-])cc(C)c(C)c3[C@@H]3C=CC[C@H]32)c1OC. The fourth-order valence-electron chi connectivity index (χ4n) is 4.69. The lowest BCUT2D eigenvalue weighted by molar-refractivity contribution is -0.384. The average molecular weight is 380 g/mol. The van der Waals surface area contributed by atoms with Crippen LogP contribution in [0.5, 0.6) is 11.5 Å². The highest BCUT2D eigenvalue weighted by atomic mass is 16.6. The molecule has 28 heavy (non-hydrogen) atoms. The van der Waals surface area contributed by atoms with Crippen LogP contribution < -0.4 is 14.8 Å². The molecule has 1 aliphatic heterocycles. The predicted molar refractivity (Wildman–Crippen MR) is 108 cm³/mol. The number of allylic oxidation sites excluding steroid dienone is 2. The van der Waals surface area contributed by atoms with Crippen molar-refractivity contribution in [3.05, 3.63) is 68.8 Å². The summed E-state index contributed by atoms with van der Waals surface area (Å²) in [6.07, 6.45) is 5.28. The Kier molecular flexibility index (Phi) is 4.49. The summed E-state index contributed by atoms with van der Waals surface area (Å²) in [6.45, 7) is 3.99. The number of aryl methyl sites for hydroxylation is 1. The minimum Gasteiger partial charge on any atom is -0.493 e. The lowest BCUT2D eigenvalue weighted by atomic mass is 9.74. The number of anilines is 1. The maximum Gasteiger partial charge on any atom is 0.292 e. The maximum atomic E-state index is 11.8. The van der Waals surface area contributed by atoms with Gasteiger partial charge < -0.3 is 14.8 Å². The fraction of sp³-hybridized carbons (Fsp3) is 0.364. The van der Waals surface area contributed by atoms with Crippen LogP contribution in [-0.2, 0) is 0 Å². The number of ether oxygens (including phenoxy) is 2. The first-order chi connectivity index (χ1) is 13.5. The molecule has 0 unspecified atom stereocenters. The number of hydrogen-bond acceptors (Lipinski definition) is 5. The molecule has 1 N–H and O–H groups in total. The zero-order chi connectivity index (χ0) is 20.0. The Morgan fingerprint density at radius 1 is 1.21 bits per heavy atom. The largest absolute Gasteiger partial charge is 0.493 e. The quantitative estimate of drug-likeness (QED) is 0.456. The van der Waals surface area contributed by atoms with E-state index in [1.165, 1.54) is 0 Å². The third-order valence-electron chi connectivity index (χ3n) is 6.11. The molecule has 2 aromatic carbocycles. The van der Waals surface area contributed by atoms with Crippen molar-refractivity contribution >= 4 is 11.4 Å². The zero-order valence-electron chi connectivity index (χ0n) is 16.5. The highest BCUT2D eigenvalue weighted by Crippen LogP contribution is 2.55. The second kappa shape index (κ2) is 6.86. The summed E-state index contributed by atoms with van der Waals surface area (Å²) in [5, 5.41) is 15.3. The number of hydrogen-bond donors (Lipinski definition) is 1. The zero-order valence-corrected chi connectivity index (χ0v) is 16.5. The highest BCUT2D eigenvalue weighted by molar-refractivity contribution is 5.75. The molecule has 6 heteroatoms. The molecule has 0 amide bonds. The molecule has 0 fully saturated rings. The normalized spacial score (nSPS) is 22.2. The minimum atomic E-state index is -0.295. The topological polar surface area (TPSA) is 73.6 Å². The summed E-state index contributed by atoms with van der Waals surface area (Å²) in [6, 6.07) is 7.35. The number of rotatable bonds is 4. The van der Waals surface area contributed by atoms with Gasteiger partial charge >= 0.3 is 0 Å². The summed E-state index contributed by atoms with van der Waals surface area (Å²) in [7, 11) is 3.24. The smallest absolute Gasteiger partial charge is 0.292 e. The van der Waals surface area contributed by atoms with E-state index < -0.39 is 0 Å². The lowest BCUT2D eigenvalue weighted by Gasteiger charge is -2.38. The number of nitrogens with zero attached hydrogens (tertiary/aromatic N) is 1. The second-order valence-electron chi connectivity index (χ2n) is 7.44. The molecule has 3 atom stereocenters. The molecular weight excluding hydrogens is 356 g/mol. The molecule has 1 heterocycles. The number of methoxy groups -OCH3 is 2. The van der Waals surface area contributed by atoms with E-state index in [2.05, 4.69) is 24.4 Å². The van der Waals surface area contributed by atoms with Crippen LogP contribution in [-0.4, -0.2) is 19.1 Å². The number of nitro groups is 1. The van der Waals surface area contributed by atoms with Gasteiger partial charge in [0.15, 0.2) is 11.5 Å². The molecule has 6 nitrogen and oxygen atoms in total. The standard InChI is InChI=1S/C22H24N2O4/c1-12-11-17(24(25)26)21-19(13(12)2)14-7-5-8-15(14)20(23-21)16-9-6-10-18(27-3)22(16)28-4/h5-7,9-11,14-15,20,23H,8H2,1-4H3/t14-,15-,20-/m1/s1.